The molecule has 0 saturated carbocycles. The van der Waals surface area contributed by atoms with Gasteiger partial charge in [0.25, 0.3) is 0 Å². The summed E-state index contributed by atoms with van der Waals surface area (Å²) < 4.78 is 5.77. The Morgan fingerprint density at radius 2 is 1.43 bits per heavy atom. The molecule has 2 N–H and O–H groups in total. The number of allylic oxidation sites excluding steroid dienone is 1. The van der Waals surface area contributed by atoms with E-state index < -0.39 is 0 Å². The first-order valence-electron chi connectivity index (χ1n) is 9.79. The number of aliphatic hydroxyl groups excluding tert-OH is 1. The highest BCUT2D eigenvalue weighted by Gasteiger charge is 2.37. The van der Waals surface area contributed by atoms with E-state index in [-0.39, 0.29) is 16.6 Å². The van der Waals surface area contributed by atoms with Crippen LogP contribution < -0.4 is 4.74 Å². The molecule has 3 nitrogen and oxygen atoms in total. The van der Waals surface area contributed by atoms with Crippen molar-refractivity contribution in [3.63, 3.8) is 0 Å². The summed E-state index contributed by atoms with van der Waals surface area (Å²) in [4.78, 5) is 0. The van der Waals surface area contributed by atoms with Gasteiger partial charge in [-0.2, -0.15) is 0 Å². The van der Waals surface area contributed by atoms with Gasteiger partial charge in [-0.05, 0) is 77.1 Å². The minimum atomic E-state index is 0.171. The largest absolute Gasteiger partial charge is 0.508 e. The molecule has 0 amide bonds. The predicted molar refractivity (Wildman–Crippen MR) is 118 cm³/mol. The first kappa shape index (κ1) is 22.0. The van der Waals surface area contributed by atoms with Crippen LogP contribution in [0.25, 0.3) is 11.6 Å². The Labute approximate surface area is 169 Å². The monoisotopic (exact) mass is 382 g/mol. The number of methoxy groups -OCH3 is 1. The summed E-state index contributed by atoms with van der Waals surface area (Å²) in [6.45, 7) is 11.5. The minimum absolute atomic E-state index is 0.171. The van der Waals surface area contributed by atoms with E-state index >= 15 is 0 Å². The van der Waals surface area contributed by atoms with E-state index in [0.29, 0.717) is 0 Å². The SMILES string of the molecule is CO.COc1cc2c(cc1/C(C)=C/c1ccc(O)cc1)C(C)(C)CCC2(C)C. The van der Waals surface area contributed by atoms with Crippen molar-refractivity contribution in [2.24, 2.45) is 0 Å². The van der Waals surface area contributed by atoms with E-state index in [2.05, 4.69) is 52.8 Å². The van der Waals surface area contributed by atoms with Crippen molar-refractivity contribution < 1.29 is 14.9 Å². The fourth-order valence-electron chi connectivity index (χ4n) is 3.97. The van der Waals surface area contributed by atoms with E-state index in [1.54, 1.807) is 19.2 Å². The van der Waals surface area contributed by atoms with Crippen molar-refractivity contribution in [2.75, 3.05) is 14.2 Å². The number of fused-ring (bicyclic) bond motifs is 1. The maximum absolute atomic E-state index is 9.49. The standard InChI is InChI=1S/C24H30O2.CH4O/c1-16(13-17-7-9-18(25)10-8-17)19-14-20-21(15-22(19)26-6)24(4,5)12-11-23(20,2)3;1-2/h7-10,13-15,25H,11-12H2,1-6H3;2H,1H3/b16-13+;. The molecule has 0 aliphatic heterocycles. The Kier molecular flexibility index (Phi) is 6.61. The average Bonchev–Trinajstić information content (AvgIpc) is 2.68. The van der Waals surface area contributed by atoms with Gasteiger partial charge in [0, 0.05) is 12.7 Å². The lowest BCUT2D eigenvalue weighted by Gasteiger charge is -2.42. The molecule has 0 heterocycles. The third-order valence-electron chi connectivity index (χ3n) is 5.87. The van der Waals surface area contributed by atoms with Crippen molar-refractivity contribution in [1.82, 2.24) is 0 Å². The maximum Gasteiger partial charge on any atom is 0.126 e. The topological polar surface area (TPSA) is 49.7 Å². The number of aliphatic hydroxyl groups is 1. The lowest BCUT2D eigenvalue weighted by molar-refractivity contribution is 0.328. The molecule has 2 aromatic carbocycles. The van der Waals surface area contributed by atoms with Gasteiger partial charge in [0.05, 0.1) is 7.11 Å². The number of hydrogen-bond donors (Lipinski definition) is 2. The molecule has 0 unspecified atom stereocenters. The van der Waals surface area contributed by atoms with Gasteiger partial charge in [0.1, 0.15) is 11.5 Å². The second-order valence-corrected chi connectivity index (χ2v) is 8.78. The van der Waals surface area contributed by atoms with Crippen LogP contribution in [0.2, 0.25) is 0 Å². The quantitative estimate of drug-likeness (QED) is 0.648. The molecule has 152 valence electrons. The van der Waals surface area contributed by atoms with Gasteiger partial charge in [-0.25, -0.2) is 0 Å². The highest BCUT2D eigenvalue weighted by molar-refractivity contribution is 5.83. The van der Waals surface area contributed by atoms with E-state index in [1.165, 1.54) is 24.0 Å². The average molecular weight is 383 g/mol. The molecule has 3 heteroatoms. The van der Waals surface area contributed by atoms with Crippen molar-refractivity contribution in [1.29, 1.82) is 0 Å². The van der Waals surface area contributed by atoms with Crippen LogP contribution in [0, 0.1) is 0 Å². The van der Waals surface area contributed by atoms with E-state index in [4.69, 9.17) is 9.84 Å². The molecule has 0 spiro atoms. The van der Waals surface area contributed by atoms with Crippen LogP contribution in [0.5, 0.6) is 11.5 Å². The van der Waals surface area contributed by atoms with Crippen LogP contribution in [-0.4, -0.2) is 24.4 Å². The van der Waals surface area contributed by atoms with Gasteiger partial charge in [-0.3, -0.25) is 0 Å². The molecule has 0 aromatic heterocycles. The molecule has 28 heavy (non-hydrogen) atoms. The second kappa shape index (κ2) is 8.40. The molecule has 3 rings (SSSR count). The van der Waals surface area contributed by atoms with Crippen LogP contribution in [0.4, 0.5) is 0 Å². The molecule has 0 fully saturated rings. The number of phenolic OH excluding ortho intramolecular Hbond substituents is 1. The molecule has 0 bridgehead atoms. The summed E-state index contributed by atoms with van der Waals surface area (Å²) in [6, 6.07) is 11.9. The molecular weight excluding hydrogens is 348 g/mol. The third kappa shape index (κ3) is 4.41. The van der Waals surface area contributed by atoms with Crippen LogP contribution >= 0.6 is 0 Å². The number of aromatic hydroxyl groups is 1. The van der Waals surface area contributed by atoms with E-state index in [1.807, 2.05) is 12.1 Å². The Morgan fingerprint density at radius 3 is 1.93 bits per heavy atom. The molecular formula is C25H34O3. The van der Waals surface area contributed by atoms with Crippen LogP contribution in [0.3, 0.4) is 0 Å². The summed E-state index contributed by atoms with van der Waals surface area (Å²) >= 11 is 0. The van der Waals surface area contributed by atoms with E-state index in [0.717, 1.165) is 29.6 Å². The van der Waals surface area contributed by atoms with Gasteiger partial charge in [0.2, 0.25) is 0 Å². The number of rotatable bonds is 3. The first-order valence-corrected chi connectivity index (χ1v) is 9.79. The first-order chi connectivity index (χ1) is 13.1. The van der Waals surface area contributed by atoms with Crippen LogP contribution in [0.15, 0.2) is 36.4 Å². The van der Waals surface area contributed by atoms with Crippen LogP contribution in [-0.2, 0) is 10.8 Å². The summed E-state index contributed by atoms with van der Waals surface area (Å²) in [5, 5.41) is 16.5. The summed E-state index contributed by atoms with van der Waals surface area (Å²) in [5.41, 5.74) is 6.56. The van der Waals surface area contributed by atoms with Gasteiger partial charge < -0.3 is 14.9 Å². The highest BCUT2D eigenvalue weighted by atomic mass is 16.5. The van der Waals surface area contributed by atoms with E-state index in [9.17, 15) is 5.11 Å². The van der Waals surface area contributed by atoms with Crippen molar-refractivity contribution in [3.05, 3.63) is 58.7 Å². The Hall–Kier alpha value is -2.26. The normalized spacial score (nSPS) is 17.2. The van der Waals surface area contributed by atoms with Gasteiger partial charge in [0.15, 0.2) is 0 Å². The zero-order valence-corrected chi connectivity index (χ0v) is 18.3. The number of phenols is 1. The number of hydrogen-bond acceptors (Lipinski definition) is 3. The Morgan fingerprint density at radius 1 is 0.929 bits per heavy atom. The fourth-order valence-corrected chi connectivity index (χ4v) is 3.97. The zero-order valence-electron chi connectivity index (χ0n) is 18.3. The predicted octanol–water partition coefficient (Wildman–Crippen LogP) is 5.92. The number of benzene rings is 2. The van der Waals surface area contributed by atoms with Crippen molar-refractivity contribution >= 4 is 11.6 Å². The minimum Gasteiger partial charge on any atom is -0.508 e. The molecule has 0 saturated heterocycles. The smallest absolute Gasteiger partial charge is 0.126 e. The van der Waals surface area contributed by atoms with Crippen LogP contribution in [0.1, 0.15) is 69.7 Å². The van der Waals surface area contributed by atoms with Gasteiger partial charge in [-0.1, -0.05) is 45.9 Å². The highest BCUT2D eigenvalue weighted by Crippen LogP contribution is 2.48. The lowest BCUT2D eigenvalue weighted by atomic mass is 9.62. The zero-order chi connectivity index (χ0) is 21.1. The summed E-state index contributed by atoms with van der Waals surface area (Å²) in [7, 11) is 2.75. The summed E-state index contributed by atoms with van der Waals surface area (Å²) in [6.07, 6.45) is 4.53. The fraction of sp³-hybridized carbons (Fsp3) is 0.440. The molecule has 0 atom stereocenters. The molecule has 1 aliphatic carbocycles. The Bertz CT molecular complexity index is 843. The second-order valence-electron chi connectivity index (χ2n) is 8.78. The maximum atomic E-state index is 9.49. The molecule has 1 aliphatic rings. The van der Waals surface area contributed by atoms with Crippen molar-refractivity contribution in [2.45, 2.75) is 58.3 Å². The summed E-state index contributed by atoms with van der Waals surface area (Å²) in [5.74, 6) is 1.22. The molecule has 0 radical (unpaired) electrons. The van der Waals surface area contributed by atoms with Crippen molar-refractivity contribution in [3.8, 4) is 11.5 Å². The Balaban J connectivity index is 0.00000136. The number of ether oxygens (including phenoxy) is 1. The molecule has 2 aromatic rings. The van der Waals surface area contributed by atoms with Gasteiger partial charge >= 0.3 is 0 Å². The van der Waals surface area contributed by atoms with Gasteiger partial charge in [-0.15, -0.1) is 0 Å². The lowest BCUT2D eigenvalue weighted by Crippen LogP contribution is -2.34. The third-order valence-corrected chi connectivity index (χ3v) is 5.87.